The van der Waals surface area contributed by atoms with Gasteiger partial charge < -0.3 is 26.0 Å². The summed E-state index contributed by atoms with van der Waals surface area (Å²) < 4.78 is 5.35. The number of ether oxygens (including phenoxy) is 1. The van der Waals surface area contributed by atoms with E-state index in [1.807, 2.05) is 20.8 Å². The topological polar surface area (TPSA) is 96.7 Å². The van der Waals surface area contributed by atoms with Crippen molar-refractivity contribution in [2.45, 2.75) is 77.0 Å². The molecule has 25 heavy (non-hydrogen) atoms. The predicted octanol–water partition coefficient (Wildman–Crippen LogP) is 2.20. The van der Waals surface area contributed by atoms with Gasteiger partial charge in [0.1, 0.15) is 5.60 Å². The van der Waals surface area contributed by atoms with Crippen molar-refractivity contribution >= 4 is 12.1 Å². The summed E-state index contributed by atoms with van der Waals surface area (Å²) >= 11 is 0. The van der Waals surface area contributed by atoms with Crippen LogP contribution in [-0.2, 0) is 4.74 Å². The number of rotatable bonds is 5. The van der Waals surface area contributed by atoms with Crippen LogP contribution in [0.1, 0.15) is 59.3 Å². The van der Waals surface area contributed by atoms with Crippen LogP contribution >= 0.6 is 0 Å². The molecule has 2 rings (SSSR count). The number of alkyl carbamates (subject to hydrolysis) is 1. The van der Waals surface area contributed by atoms with Crippen LogP contribution in [0.15, 0.2) is 0 Å². The number of likely N-dealkylation sites (tertiary alicyclic amines) is 1. The standard InChI is InChI=1S/C18H34N4O3/c1-18(2,3)25-17(24)20-12-15(13-6-4-5-7-13)21-14-8-10-22(11-9-14)16(19)23/h13-15,21H,4-12H2,1-3H3,(H2,19,23)(H,20,24). The van der Waals surface area contributed by atoms with Gasteiger partial charge in [0.15, 0.2) is 0 Å². The molecule has 1 unspecified atom stereocenters. The van der Waals surface area contributed by atoms with Gasteiger partial charge in [-0.05, 0) is 52.4 Å². The molecule has 1 atom stereocenters. The Kier molecular flexibility index (Phi) is 6.93. The number of primary amides is 1. The zero-order valence-electron chi connectivity index (χ0n) is 15.8. The van der Waals surface area contributed by atoms with Gasteiger partial charge in [0.25, 0.3) is 0 Å². The summed E-state index contributed by atoms with van der Waals surface area (Å²) in [5.74, 6) is 0.587. The van der Waals surface area contributed by atoms with Crippen LogP contribution in [0, 0.1) is 5.92 Å². The molecule has 7 nitrogen and oxygen atoms in total. The molecule has 4 N–H and O–H groups in total. The summed E-state index contributed by atoms with van der Waals surface area (Å²) in [7, 11) is 0. The largest absolute Gasteiger partial charge is 0.444 e. The quantitative estimate of drug-likeness (QED) is 0.705. The van der Waals surface area contributed by atoms with Gasteiger partial charge in [0.2, 0.25) is 0 Å². The Balaban J connectivity index is 1.84. The van der Waals surface area contributed by atoms with Crippen LogP contribution in [0.25, 0.3) is 0 Å². The highest BCUT2D eigenvalue weighted by Gasteiger charge is 2.30. The normalized spacial score (nSPS) is 21.2. The Bertz CT molecular complexity index is 450. The highest BCUT2D eigenvalue weighted by molar-refractivity contribution is 5.72. The van der Waals surface area contributed by atoms with Crippen LogP contribution < -0.4 is 16.4 Å². The van der Waals surface area contributed by atoms with Crippen LogP contribution in [0.3, 0.4) is 0 Å². The maximum absolute atomic E-state index is 12.0. The van der Waals surface area contributed by atoms with E-state index in [4.69, 9.17) is 10.5 Å². The zero-order chi connectivity index (χ0) is 18.4. The molecule has 0 spiro atoms. The van der Waals surface area contributed by atoms with Crippen LogP contribution in [0.5, 0.6) is 0 Å². The molecule has 0 bridgehead atoms. The van der Waals surface area contributed by atoms with E-state index in [0.717, 1.165) is 12.8 Å². The van der Waals surface area contributed by atoms with Crippen molar-refractivity contribution in [2.24, 2.45) is 11.7 Å². The fourth-order valence-corrected chi connectivity index (χ4v) is 3.80. The first-order chi connectivity index (χ1) is 11.7. The average Bonchev–Trinajstić information content (AvgIpc) is 3.04. The van der Waals surface area contributed by atoms with E-state index in [1.54, 1.807) is 4.90 Å². The Morgan fingerprint density at radius 2 is 1.76 bits per heavy atom. The molecule has 2 fully saturated rings. The summed E-state index contributed by atoms with van der Waals surface area (Å²) in [4.78, 5) is 24.9. The lowest BCUT2D eigenvalue weighted by Crippen LogP contribution is -2.53. The number of hydrogen-bond acceptors (Lipinski definition) is 4. The molecule has 0 aromatic heterocycles. The van der Waals surface area contributed by atoms with Gasteiger partial charge in [0, 0.05) is 31.7 Å². The monoisotopic (exact) mass is 354 g/mol. The second-order valence-corrected chi connectivity index (χ2v) is 8.30. The molecule has 3 amide bonds. The summed E-state index contributed by atoms with van der Waals surface area (Å²) in [5.41, 5.74) is 4.87. The van der Waals surface area contributed by atoms with Gasteiger partial charge in [-0.3, -0.25) is 0 Å². The Morgan fingerprint density at radius 1 is 1.16 bits per heavy atom. The van der Waals surface area contributed by atoms with Gasteiger partial charge >= 0.3 is 12.1 Å². The summed E-state index contributed by atoms with van der Waals surface area (Å²) in [6.07, 6.45) is 6.37. The number of amides is 3. The van der Waals surface area contributed by atoms with E-state index in [9.17, 15) is 9.59 Å². The lowest BCUT2D eigenvalue weighted by Gasteiger charge is -2.35. The van der Waals surface area contributed by atoms with Crippen molar-refractivity contribution in [1.29, 1.82) is 0 Å². The predicted molar refractivity (Wildman–Crippen MR) is 97.3 cm³/mol. The van der Waals surface area contributed by atoms with Crippen molar-refractivity contribution in [2.75, 3.05) is 19.6 Å². The van der Waals surface area contributed by atoms with E-state index < -0.39 is 5.60 Å². The fraction of sp³-hybridized carbons (Fsp3) is 0.889. The lowest BCUT2D eigenvalue weighted by molar-refractivity contribution is 0.0515. The molecule has 1 saturated carbocycles. The third-order valence-corrected chi connectivity index (χ3v) is 5.09. The minimum absolute atomic E-state index is 0.250. The second-order valence-electron chi connectivity index (χ2n) is 8.30. The minimum atomic E-state index is -0.484. The van der Waals surface area contributed by atoms with Gasteiger partial charge in [-0.1, -0.05) is 12.8 Å². The lowest BCUT2D eigenvalue weighted by atomic mass is 9.95. The average molecular weight is 354 g/mol. The zero-order valence-corrected chi connectivity index (χ0v) is 15.8. The summed E-state index contributed by atoms with van der Waals surface area (Å²) in [6.45, 7) is 7.58. The van der Waals surface area contributed by atoms with Crippen LogP contribution in [0.4, 0.5) is 9.59 Å². The molecule has 1 heterocycles. The number of urea groups is 1. The molecule has 2 aliphatic rings. The first-order valence-corrected chi connectivity index (χ1v) is 9.52. The Hall–Kier alpha value is -1.50. The highest BCUT2D eigenvalue weighted by Crippen LogP contribution is 2.28. The Morgan fingerprint density at radius 3 is 2.28 bits per heavy atom. The SMILES string of the molecule is CC(C)(C)OC(=O)NCC(NC1CCN(C(N)=O)CC1)C1CCCC1. The number of nitrogens with zero attached hydrogens (tertiary/aromatic N) is 1. The smallest absolute Gasteiger partial charge is 0.407 e. The van der Waals surface area contributed by atoms with E-state index >= 15 is 0 Å². The molecule has 144 valence electrons. The van der Waals surface area contributed by atoms with Crippen LogP contribution in [-0.4, -0.2) is 54.3 Å². The maximum atomic E-state index is 12.0. The first kappa shape index (κ1) is 19.8. The molecule has 0 aromatic rings. The molecule has 7 heteroatoms. The van der Waals surface area contributed by atoms with Gasteiger partial charge in [-0.2, -0.15) is 0 Å². The molecule has 0 aromatic carbocycles. The fourth-order valence-electron chi connectivity index (χ4n) is 3.80. The van der Waals surface area contributed by atoms with E-state index in [-0.39, 0.29) is 18.2 Å². The van der Waals surface area contributed by atoms with E-state index in [2.05, 4.69) is 10.6 Å². The summed E-state index contributed by atoms with van der Waals surface area (Å²) in [5, 5.41) is 6.65. The van der Waals surface area contributed by atoms with Gasteiger partial charge in [-0.25, -0.2) is 9.59 Å². The number of piperidine rings is 1. The second kappa shape index (κ2) is 8.74. The van der Waals surface area contributed by atoms with Gasteiger partial charge in [0.05, 0.1) is 0 Å². The molecule has 0 radical (unpaired) electrons. The maximum Gasteiger partial charge on any atom is 0.407 e. The van der Waals surface area contributed by atoms with E-state index in [0.29, 0.717) is 31.6 Å². The molecule has 1 aliphatic carbocycles. The Labute approximate surface area is 151 Å². The molecular weight excluding hydrogens is 320 g/mol. The molecular formula is C18H34N4O3. The van der Waals surface area contributed by atoms with Gasteiger partial charge in [-0.15, -0.1) is 0 Å². The molecule has 1 aliphatic heterocycles. The third-order valence-electron chi connectivity index (χ3n) is 5.09. The number of nitrogens with two attached hydrogens (primary N) is 1. The number of hydrogen-bond donors (Lipinski definition) is 3. The highest BCUT2D eigenvalue weighted by atomic mass is 16.6. The number of carbonyl (C=O) groups excluding carboxylic acids is 2. The number of nitrogens with one attached hydrogen (secondary N) is 2. The third kappa shape index (κ3) is 6.72. The van der Waals surface area contributed by atoms with Crippen molar-refractivity contribution < 1.29 is 14.3 Å². The molecule has 1 saturated heterocycles. The van der Waals surface area contributed by atoms with Crippen LogP contribution in [0.2, 0.25) is 0 Å². The van der Waals surface area contributed by atoms with E-state index in [1.165, 1.54) is 25.7 Å². The first-order valence-electron chi connectivity index (χ1n) is 9.52. The minimum Gasteiger partial charge on any atom is -0.444 e. The van der Waals surface area contributed by atoms with Crippen molar-refractivity contribution in [3.63, 3.8) is 0 Å². The van der Waals surface area contributed by atoms with Crippen molar-refractivity contribution in [1.82, 2.24) is 15.5 Å². The summed E-state index contributed by atoms with van der Waals surface area (Å²) in [6, 6.07) is 0.277. The number of carbonyl (C=O) groups is 2. The van der Waals surface area contributed by atoms with Crippen molar-refractivity contribution in [3.8, 4) is 0 Å². The van der Waals surface area contributed by atoms with Crippen molar-refractivity contribution in [3.05, 3.63) is 0 Å².